The molecule has 2 aromatic carbocycles. The molecule has 2 aromatic rings. The quantitative estimate of drug-likeness (QED) is 0.767. The van der Waals surface area contributed by atoms with E-state index in [0.29, 0.717) is 6.42 Å². The average molecular weight is 420 g/mol. The fraction of sp³-hybridized carbons (Fsp3) is 0.381. The topological polar surface area (TPSA) is 74.7 Å². The van der Waals surface area contributed by atoms with Gasteiger partial charge in [0, 0.05) is 11.8 Å². The van der Waals surface area contributed by atoms with E-state index >= 15 is 0 Å². The zero-order valence-electron chi connectivity index (χ0n) is 16.0. The van der Waals surface area contributed by atoms with Gasteiger partial charge in [-0.05, 0) is 36.8 Å². The summed E-state index contributed by atoms with van der Waals surface area (Å²) in [5.74, 6) is -0.882. The first-order chi connectivity index (χ1) is 13.3. The Bertz CT molecular complexity index is 913. The number of benzene rings is 2. The summed E-state index contributed by atoms with van der Waals surface area (Å²) >= 11 is 1.60. The number of hydrogen-bond acceptors (Lipinski definition) is 4. The molecule has 1 heterocycles. The van der Waals surface area contributed by atoms with E-state index in [1.807, 2.05) is 44.2 Å². The number of nitrogens with zero attached hydrogens (tertiary/aromatic N) is 1. The van der Waals surface area contributed by atoms with Gasteiger partial charge in [0.1, 0.15) is 0 Å². The van der Waals surface area contributed by atoms with Crippen LogP contribution < -0.4 is 0 Å². The summed E-state index contributed by atoms with van der Waals surface area (Å²) in [5.41, 5.74) is 1.86. The molecular formula is C21H25NO4S2. The maximum absolute atomic E-state index is 13.4. The monoisotopic (exact) mass is 419 g/mol. The normalized spacial score (nSPS) is 23.4. The number of aliphatic carboxylic acids is 1. The highest BCUT2D eigenvalue weighted by Crippen LogP contribution is 2.42. The highest BCUT2D eigenvalue weighted by molar-refractivity contribution is 7.99. The maximum Gasteiger partial charge on any atom is 0.308 e. The molecule has 0 aliphatic carbocycles. The lowest BCUT2D eigenvalue weighted by atomic mass is 9.90. The average Bonchev–Trinajstić information content (AvgIpc) is 2.68. The Morgan fingerprint density at radius 1 is 1.14 bits per heavy atom. The van der Waals surface area contributed by atoms with Crippen molar-refractivity contribution in [2.45, 2.75) is 36.5 Å². The number of aryl methyl sites for hydroxylation is 1. The van der Waals surface area contributed by atoms with Gasteiger partial charge in [-0.1, -0.05) is 55.0 Å². The minimum Gasteiger partial charge on any atom is -0.481 e. The summed E-state index contributed by atoms with van der Waals surface area (Å²) < 4.78 is 28.3. The van der Waals surface area contributed by atoms with E-state index in [0.717, 1.165) is 16.9 Å². The van der Waals surface area contributed by atoms with Crippen molar-refractivity contribution in [2.24, 2.45) is 5.92 Å². The molecule has 28 heavy (non-hydrogen) atoms. The second kappa shape index (κ2) is 8.68. The lowest BCUT2D eigenvalue weighted by molar-refractivity contribution is -0.143. The molecule has 3 rings (SSSR count). The molecule has 0 amide bonds. The van der Waals surface area contributed by atoms with Crippen LogP contribution in [0.1, 0.15) is 30.5 Å². The molecule has 1 aliphatic heterocycles. The number of hydrogen-bond donors (Lipinski definition) is 1. The third-order valence-electron chi connectivity index (χ3n) is 5.14. The summed E-state index contributed by atoms with van der Waals surface area (Å²) in [7, 11) is -3.82. The number of carboxylic acids is 1. The van der Waals surface area contributed by atoms with Crippen LogP contribution >= 0.6 is 11.8 Å². The zero-order valence-corrected chi connectivity index (χ0v) is 17.6. The molecule has 3 atom stereocenters. The Morgan fingerprint density at radius 2 is 1.79 bits per heavy atom. The number of carboxylic acid groups (broad SMARTS) is 1. The van der Waals surface area contributed by atoms with Gasteiger partial charge in [0.05, 0.1) is 16.9 Å². The minimum atomic E-state index is -3.82. The van der Waals surface area contributed by atoms with E-state index in [-0.39, 0.29) is 22.7 Å². The molecule has 1 aliphatic rings. The van der Waals surface area contributed by atoms with Crippen LogP contribution in [0.4, 0.5) is 0 Å². The Labute approximate surface area is 170 Å². The Balaban J connectivity index is 2.05. The highest BCUT2D eigenvalue weighted by atomic mass is 32.2. The second-order valence-corrected chi connectivity index (χ2v) is 10.4. The van der Waals surface area contributed by atoms with E-state index < -0.39 is 21.9 Å². The van der Waals surface area contributed by atoms with Gasteiger partial charge in [-0.15, -0.1) is 0 Å². The smallest absolute Gasteiger partial charge is 0.308 e. The molecule has 0 aromatic heterocycles. The first-order valence-corrected chi connectivity index (χ1v) is 11.8. The van der Waals surface area contributed by atoms with Crippen LogP contribution in [0.5, 0.6) is 0 Å². The molecule has 1 fully saturated rings. The third kappa shape index (κ3) is 4.26. The number of piperidine rings is 1. The first kappa shape index (κ1) is 20.9. The lowest BCUT2D eigenvalue weighted by Crippen LogP contribution is -2.49. The fourth-order valence-corrected chi connectivity index (χ4v) is 6.50. The van der Waals surface area contributed by atoms with Gasteiger partial charge in [-0.3, -0.25) is 4.79 Å². The van der Waals surface area contributed by atoms with Crippen molar-refractivity contribution in [3.8, 4) is 0 Å². The van der Waals surface area contributed by atoms with Crippen LogP contribution in [-0.2, 0) is 14.8 Å². The van der Waals surface area contributed by atoms with Crippen molar-refractivity contribution in [3.63, 3.8) is 0 Å². The molecule has 0 bridgehead atoms. The largest absolute Gasteiger partial charge is 0.481 e. The van der Waals surface area contributed by atoms with Crippen LogP contribution in [0, 0.1) is 12.8 Å². The summed E-state index contributed by atoms with van der Waals surface area (Å²) in [6, 6.07) is 15.8. The standard InChI is InChI=1S/C21H25NO4S2/c1-3-27-20-13-19(16-7-5-4-6-8-16)22(14-18(20)21(23)24)28(25,26)17-11-9-15(2)10-12-17/h4-12,18-20H,3,13-14H2,1-2H3,(H,23,24)/t18-,19+,20-/m1/s1. The molecule has 0 unspecified atom stereocenters. The number of carbonyl (C=O) groups is 1. The van der Waals surface area contributed by atoms with Gasteiger partial charge in [0.15, 0.2) is 0 Å². The van der Waals surface area contributed by atoms with Gasteiger partial charge < -0.3 is 5.11 Å². The van der Waals surface area contributed by atoms with Gasteiger partial charge in [-0.25, -0.2) is 8.42 Å². The van der Waals surface area contributed by atoms with Gasteiger partial charge in [0.25, 0.3) is 0 Å². The molecule has 0 spiro atoms. The SMILES string of the molecule is CCS[C@@H]1C[C@@H](c2ccccc2)N(S(=O)(=O)c2ccc(C)cc2)C[C@H]1C(=O)O. The molecule has 5 nitrogen and oxygen atoms in total. The fourth-order valence-electron chi connectivity index (χ4n) is 3.66. The Hall–Kier alpha value is -1.83. The molecular weight excluding hydrogens is 394 g/mol. The maximum atomic E-state index is 13.4. The molecule has 1 N–H and O–H groups in total. The van der Waals surface area contributed by atoms with Crippen LogP contribution in [-0.4, -0.2) is 41.3 Å². The third-order valence-corrected chi connectivity index (χ3v) is 8.31. The van der Waals surface area contributed by atoms with Crippen molar-refractivity contribution in [2.75, 3.05) is 12.3 Å². The lowest BCUT2D eigenvalue weighted by Gasteiger charge is -2.41. The van der Waals surface area contributed by atoms with E-state index in [4.69, 9.17) is 0 Å². The van der Waals surface area contributed by atoms with Crippen molar-refractivity contribution in [1.82, 2.24) is 4.31 Å². The van der Waals surface area contributed by atoms with Crippen molar-refractivity contribution in [1.29, 1.82) is 0 Å². The molecule has 0 saturated carbocycles. The van der Waals surface area contributed by atoms with E-state index in [1.165, 1.54) is 4.31 Å². The molecule has 1 saturated heterocycles. The number of rotatable bonds is 6. The summed E-state index contributed by atoms with van der Waals surface area (Å²) in [5, 5.41) is 9.62. The predicted octanol–water partition coefficient (Wildman–Crippen LogP) is 3.95. The number of thioether (sulfide) groups is 1. The van der Waals surface area contributed by atoms with Crippen LogP contribution in [0.25, 0.3) is 0 Å². The zero-order chi connectivity index (χ0) is 20.3. The predicted molar refractivity (Wildman–Crippen MR) is 112 cm³/mol. The van der Waals surface area contributed by atoms with Gasteiger partial charge >= 0.3 is 5.97 Å². The van der Waals surface area contributed by atoms with E-state index in [9.17, 15) is 18.3 Å². The van der Waals surface area contributed by atoms with Crippen molar-refractivity contribution in [3.05, 3.63) is 65.7 Å². The summed E-state index contributed by atoms with van der Waals surface area (Å²) in [6.07, 6.45) is 0.477. The van der Waals surface area contributed by atoms with Crippen molar-refractivity contribution < 1.29 is 18.3 Å². The van der Waals surface area contributed by atoms with E-state index in [2.05, 4.69) is 0 Å². The highest BCUT2D eigenvalue weighted by Gasteiger charge is 2.45. The van der Waals surface area contributed by atoms with Crippen LogP contribution in [0.3, 0.4) is 0 Å². The van der Waals surface area contributed by atoms with Crippen LogP contribution in [0.2, 0.25) is 0 Å². The molecule has 7 heteroatoms. The second-order valence-electron chi connectivity index (χ2n) is 6.99. The van der Waals surface area contributed by atoms with Crippen molar-refractivity contribution >= 4 is 27.8 Å². The minimum absolute atomic E-state index is 0.0250. The Morgan fingerprint density at radius 3 is 2.36 bits per heavy atom. The molecule has 150 valence electrons. The molecule has 0 radical (unpaired) electrons. The summed E-state index contributed by atoms with van der Waals surface area (Å²) in [4.78, 5) is 12.1. The van der Waals surface area contributed by atoms with E-state index in [1.54, 1.807) is 36.0 Å². The van der Waals surface area contributed by atoms with Gasteiger partial charge in [0.2, 0.25) is 10.0 Å². The number of sulfonamides is 1. The van der Waals surface area contributed by atoms with Gasteiger partial charge in [-0.2, -0.15) is 16.1 Å². The first-order valence-electron chi connectivity index (χ1n) is 9.32. The van der Waals surface area contributed by atoms with Crippen LogP contribution in [0.15, 0.2) is 59.5 Å². The Kier molecular flexibility index (Phi) is 6.47. The summed E-state index contributed by atoms with van der Waals surface area (Å²) in [6.45, 7) is 3.87.